The minimum atomic E-state index is 0.808. The van der Waals surface area contributed by atoms with Gasteiger partial charge in [-0.2, -0.15) is 5.10 Å². The van der Waals surface area contributed by atoms with Crippen molar-refractivity contribution >= 4 is 5.69 Å². The summed E-state index contributed by atoms with van der Waals surface area (Å²) in [6.45, 7) is 9.38. The van der Waals surface area contributed by atoms with Gasteiger partial charge in [-0.3, -0.25) is 4.90 Å². The second-order valence-electron chi connectivity index (χ2n) is 8.33. The van der Waals surface area contributed by atoms with Crippen molar-refractivity contribution in [3.63, 3.8) is 0 Å². The molecule has 1 saturated heterocycles. The van der Waals surface area contributed by atoms with Crippen LogP contribution in [0.5, 0.6) is 5.75 Å². The van der Waals surface area contributed by atoms with Gasteiger partial charge in [-0.1, -0.05) is 31.5 Å². The van der Waals surface area contributed by atoms with E-state index in [1.807, 2.05) is 18.2 Å². The summed E-state index contributed by atoms with van der Waals surface area (Å²) in [5.74, 6) is 0.911. The molecule has 0 radical (unpaired) electrons. The first-order valence-corrected chi connectivity index (χ1v) is 11.7. The summed E-state index contributed by atoms with van der Waals surface area (Å²) in [7, 11) is 1.71. The van der Waals surface area contributed by atoms with Crippen LogP contribution in [0.4, 0.5) is 5.69 Å². The molecule has 1 aliphatic heterocycles. The highest BCUT2D eigenvalue weighted by Gasteiger charge is 2.17. The Morgan fingerprint density at radius 3 is 2.38 bits per heavy atom. The van der Waals surface area contributed by atoms with E-state index < -0.39 is 0 Å². The number of methoxy groups -OCH3 is 1. The van der Waals surface area contributed by atoms with Gasteiger partial charge in [-0.15, -0.1) is 0 Å². The number of nitrogens with zero attached hydrogens (tertiary/aromatic N) is 4. The van der Waals surface area contributed by atoms with Crippen LogP contribution in [-0.4, -0.2) is 61.1 Å². The van der Waals surface area contributed by atoms with Crippen LogP contribution in [-0.2, 0) is 13.0 Å². The minimum absolute atomic E-state index is 0.808. The van der Waals surface area contributed by atoms with Gasteiger partial charge in [0, 0.05) is 57.2 Å². The topological polar surface area (TPSA) is 45.6 Å². The number of ether oxygens (including phenoxy) is 1. The number of benzene rings is 2. The monoisotopic (exact) mass is 433 g/mol. The van der Waals surface area contributed by atoms with Crippen LogP contribution in [0.15, 0.2) is 60.7 Å². The van der Waals surface area contributed by atoms with Crippen molar-refractivity contribution in [1.82, 2.24) is 20.0 Å². The lowest BCUT2D eigenvalue weighted by Gasteiger charge is -2.36. The Morgan fingerprint density at radius 2 is 1.69 bits per heavy atom. The van der Waals surface area contributed by atoms with Crippen molar-refractivity contribution in [3.8, 4) is 11.4 Å². The first kappa shape index (κ1) is 22.4. The Hall–Kier alpha value is -2.83. The highest BCUT2D eigenvalue weighted by atomic mass is 16.5. The van der Waals surface area contributed by atoms with Crippen LogP contribution in [0.2, 0.25) is 0 Å². The maximum Gasteiger partial charge on any atom is 0.119 e. The number of piperazine rings is 1. The van der Waals surface area contributed by atoms with Gasteiger partial charge in [0.15, 0.2) is 0 Å². The molecule has 4 rings (SSSR count). The molecule has 0 saturated carbocycles. The van der Waals surface area contributed by atoms with Gasteiger partial charge in [0.2, 0.25) is 0 Å². The third-order valence-electron chi connectivity index (χ3n) is 6.06. The minimum Gasteiger partial charge on any atom is -0.497 e. The molecule has 3 aromatic rings. The van der Waals surface area contributed by atoms with Crippen LogP contribution in [0.1, 0.15) is 24.7 Å². The lowest BCUT2D eigenvalue weighted by molar-refractivity contribution is 0.257. The first-order valence-electron chi connectivity index (χ1n) is 11.7. The van der Waals surface area contributed by atoms with E-state index >= 15 is 0 Å². The highest BCUT2D eigenvalue weighted by molar-refractivity contribution is 5.49. The number of nitrogens with one attached hydrogen (secondary N) is 1. The number of aromatic nitrogens is 2. The van der Waals surface area contributed by atoms with Crippen molar-refractivity contribution in [1.29, 1.82) is 0 Å². The maximum atomic E-state index is 5.26. The first-order chi connectivity index (χ1) is 15.8. The molecule has 170 valence electrons. The number of hydrogen-bond donors (Lipinski definition) is 1. The molecule has 1 aliphatic rings. The maximum absolute atomic E-state index is 5.26. The summed E-state index contributed by atoms with van der Waals surface area (Å²) in [5, 5.41) is 8.46. The second kappa shape index (κ2) is 11.2. The largest absolute Gasteiger partial charge is 0.497 e. The smallest absolute Gasteiger partial charge is 0.119 e. The van der Waals surface area contributed by atoms with Gasteiger partial charge in [-0.25, -0.2) is 4.68 Å². The number of para-hydroxylation sites is 1. The van der Waals surface area contributed by atoms with Crippen molar-refractivity contribution < 1.29 is 4.74 Å². The summed E-state index contributed by atoms with van der Waals surface area (Å²) < 4.78 is 7.36. The van der Waals surface area contributed by atoms with Crippen molar-refractivity contribution in [2.75, 3.05) is 51.3 Å². The van der Waals surface area contributed by atoms with E-state index in [-0.39, 0.29) is 0 Å². The van der Waals surface area contributed by atoms with E-state index in [0.29, 0.717) is 0 Å². The number of hydrogen-bond acceptors (Lipinski definition) is 5. The molecule has 0 unspecified atom stereocenters. The fourth-order valence-corrected chi connectivity index (χ4v) is 4.26. The van der Waals surface area contributed by atoms with Gasteiger partial charge in [0.05, 0.1) is 18.5 Å². The zero-order valence-electron chi connectivity index (χ0n) is 19.3. The van der Waals surface area contributed by atoms with Crippen molar-refractivity contribution in [3.05, 3.63) is 72.1 Å². The molecule has 0 atom stereocenters. The lowest BCUT2D eigenvalue weighted by Crippen LogP contribution is -2.48. The van der Waals surface area contributed by atoms with Crippen molar-refractivity contribution in [2.45, 2.75) is 26.3 Å². The Balaban J connectivity index is 1.22. The fraction of sp³-hybridized carbons (Fsp3) is 0.423. The van der Waals surface area contributed by atoms with Crippen LogP contribution < -0.4 is 15.0 Å². The summed E-state index contributed by atoms with van der Waals surface area (Å²) in [6.07, 6.45) is 2.16. The third kappa shape index (κ3) is 5.69. The van der Waals surface area contributed by atoms with E-state index in [1.165, 1.54) is 11.4 Å². The molecule has 2 heterocycles. The molecule has 32 heavy (non-hydrogen) atoms. The predicted octanol–water partition coefficient (Wildman–Crippen LogP) is 3.75. The van der Waals surface area contributed by atoms with Gasteiger partial charge in [-0.05, 0) is 48.9 Å². The van der Waals surface area contributed by atoms with E-state index in [2.05, 4.69) is 69.2 Å². The molecule has 6 heteroatoms. The molecule has 0 aliphatic carbocycles. The molecule has 0 spiro atoms. The van der Waals surface area contributed by atoms with Crippen molar-refractivity contribution in [2.24, 2.45) is 0 Å². The highest BCUT2D eigenvalue weighted by Crippen LogP contribution is 2.20. The molecule has 1 N–H and O–H groups in total. The van der Waals surface area contributed by atoms with Gasteiger partial charge in [0.1, 0.15) is 5.75 Å². The Labute approximate surface area is 191 Å². The molecule has 0 bridgehead atoms. The number of aryl methyl sites for hydroxylation is 1. The average molecular weight is 434 g/mol. The van der Waals surface area contributed by atoms with E-state index in [1.54, 1.807) is 7.11 Å². The van der Waals surface area contributed by atoms with E-state index in [0.717, 1.165) is 75.8 Å². The summed E-state index contributed by atoms with van der Waals surface area (Å²) in [4.78, 5) is 4.99. The average Bonchev–Trinajstić information content (AvgIpc) is 3.26. The Bertz CT molecular complexity index is 946. The quantitative estimate of drug-likeness (QED) is 0.494. The molecular weight excluding hydrogens is 398 g/mol. The molecule has 2 aromatic carbocycles. The fourth-order valence-electron chi connectivity index (χ4n) is 4.26. The SMILES string of the molecule is CCCc1cc(CNCCN2CCN(c3ccc(OC)cc3)CC2)nn1-c1ccccc1. The molecule has 6 nitrogen and oxygen atoms in total. The van der Waals surface area contributed by atoms with Crippen LogP contribution in [0, 0.1) is 0 Å². The third-order valence-corrected chi connectivity index (χ3v) is 6.06. The second-order valence-corrected chi connectivity index (χ2v) is 8.33. The van der Waals surface area contributed by atoms with Crippen LogP contribution >= 0.6 is 0 Å². The van der Waals surface area contributed by atoms with Gasteiger partial charge < -0.3 is 15.0 Å². The van der Waals surface area contributed by atoms with Gasteiger partial charge in [0.25, 0.3) is 0 Å². The number of rotatable bonds is 10. The zero-order valence-corrected chi connectivity index (χ0v) is 19.3. The summed E-state index contributed by atoms with van der Waals surface area (Å²) in [5.41, 5.74) is 4.81. The predicted molar refractivity (Wildman–Crippen MR) is 131 cm³/mol. The standard InChI is InChI=1S/C26H35N5O/c1-3-7-25-20-22(28-31(25)24-8-5-4-6-9-24)21-27-14-15-29-16-18-30(19-17-29)23-10-12-26(32-2)13-11-23/h4-6,8-13,20,27H,3,7,14-19,21H2,1-2H3. The Kier molecular flexibility index (Phi) is 7.80. The lowest BCUT2D eigenvalue weighted by atomic mass is 10.2. The Morgan fingerprint density at radius 1 is 0.938 bits per heavy atom. The summed E-state index contributed by atoms with van der Waals surface area (Å²) in [6, 6.07) is 21.0. The van der Waals surface area contributed by atoms with E-state index in [4.69, 9.17) is 9.84 Å². The van der Waals surface area contributed by atoms with Crippen LogP contribution in [0.25, 0.3) is 5.69 Å². The van der Waals surface area contributed by atoms with E-state index in [9.17, 15) is 0 Å². The molecular formula is C26H35N5O. The zero-order chi connectivity index (χ0) is 22.2. The molecule has 1 aromatic heterocycles. The van der Waals surface area contributed by atoms with Gasteiger partial charge >= 0.3 is 0 Å². The normalized spacial score (nSPS) is 14.6. The summed E-state index contributed by atoms with van der Waals surface area (Å²) >= 11 is 0. The van der Waals surface area contributed by atoms with Crippen LogP contribution in [0.3, 0.4) is 0 Å². The molecule has 1 fully saturated rings. The molecule has 0 amide bonds. The number of anilines is 1.